The molecule has 0 fully saturated rings. The number of hydrogen-bond donors (Lipinski definition) is 1. The van der Waals surface area contributed by atoms with Crippen molar-refractivity contribution in [1.29, 1.82) is 0 Å². The highest BCUT2D eigenvalue weighted by Crippen LogP contribution is 2.28. The Balaban J connectivity index is 2.41. The topological polar surface area (TPSA) is 72.3 Å². The Morgan fingerprint density at radius 1 is 1.29 bits per heavy atom. The summed E-state index contributed by atoms with van der Waals surface area (Å²) in [5.41, 5.74) is 0.749. The number of carboxylic acids is 1. The van der Waals surface area contributed by atoms with Crippen LogP contribution in [0.25, 0.3) is 0 Å². The van der Waals surface area contributed by atoms with E-state index in [0.29, 0.717) is 16.7 Å². The van der Waals surface area contributed by atoms with Crippen molar-refractivity contribution in [2.45, 2.75) is 26.7 Å². The molecule has 0 saturated carbocycles. The number of aromatic carboxylic acids is 1. The van der Waals surface area contributed by atoms with Crippen LogP contribution in [0.5, 0.6) is 11.6 Å². The minimum atomic E-state index is -1.11. The maximum absolute atomic E-state index is 11.2. The van der Waals surface area contributed by atoms with E-state index in [4.69, 9.17) is 16.3 Å². The summed E-state index contributed by atoms with van der Waals surface area (Å²) in [7, 11) is 0. The molecule has 21 heavy (non-hydrogen) atoms. The fourth-order valence-electron chi connectivity index (χ4n) is 1.74. The van der Waals surface area contributed by atoms with Gasteiger partial charge in [0.25, 0.3) is 0 Å². The molecule has 0 spiro atoms. The fourth-order valence-corrected chi connectivity index (χ4v) is 1.92. The molecule has 1 aromatic carbocycles. The molecular weight excluding hydrogens is 292 g/mol. The van der Waals surface area contributed by atoms with Gasteiger partial charge in [0.1, 0.15) is 17.1 Å². The van der Waals surface area contributed by atoms with Crippen LogP contribution in [0.3, 0.4) is 0 Å². The normalized spacial score (nSPS) is 10.7. The van der Waals surface area contributed by atoms with Crippen LogP contribution >= 0.6 is 11.6 Å². The van der Waals surface area contributed by atoms with E-state index in [-0.39, 0.29) is 17.2 Å². The smallest absolute Gasteiger partial charge is 0.339 e. The van der Waals surface area contributed by atoms with Gasteiger partial charge in [-0.15, -0.1) is 0 Å². The Morgan fingerprint density at radius 2 is 2.00 bits per heavy atom. The van der Waals surface area contributed by atoms with Crippen LogP contribution in [0, 0.1) is 6.92 Å². The lowest BCUT2D eigenvalue weighted by atomic mass is 10.2. The highest BCUT2D eigenvalue weighted by atomic mass is 35.5. The first kappa shape index (κ1) is 15.3. The van der Waals surface area contributed by atoms with Crippen LogP contribution in [0.4, 0.5) is 0 Å². The number of ether oxygens (including phenoxy) is 1. The second kappa shape index (κ2) is 6.10. The third-order valence-electron chi connectivity index (χ3n) is 2.75. The summed E-state index contributed by atoms with van der Waals surface area (Å²) in [5.74, 6) is 0.199. The van der Waals surface area contributed by atoms with Crippen molar-refractivity contribution in [3.63, 3.8) is 0 Å². The quantitative estimate of drug-likeness (QED) is 0.922. The lowest BCUT2D eigenvalue weighted by Gasteiger charge is -2.11. The minimum absolute atomic E-state index is 0.00939. The number of hydrogen-bond acceptors (Lipinski definition) is 4. The second-order valence-electron chi connectivity index (χ2n) is 4.91. The van der Waals surface area contributed by atoms with Gasteiger partial charge in [-0.1, -0.05) is 25.4 Å². The number of aryl methyl sites for hydroxylation is 1. The zero-order valence-electron chi connectivity index (χ0n) is 11.9. The minimum Gasteiger partial charge on any atom is -0.478 e. The van der Waals surface area contributed by atoms with E-state index in [1.807, 2.05) is 20.8 Å². The van der Waals surface area contributed by atoms with Crippen molar-refractivity contribution in [2.24, 2.45) is 0 Å². The van der Waals surface area contributed by atoms with Gasteiger partial charge in [-0.2, -0.15) is 4.98 Å². The predicted molar refractivity (Wildman–Crippen MR) is 79.3 cm³/mol. The summed E-state index contributed by atoms with van der Waals surface area (Å²) in [5, 5.41) is 9.53. The number of nitrogens with zero attached hydrogens (tertiary/aromatic N) is 2. The summed E-state index contributed by atoms with van der Waals surface area (Å²) in [6.07, 6.45) is 0. The third-order valence-corrected chi connectivity index (χ3v) is 2.99. The molecule has 0 saturated heterocycles. The first-order valence-electron chi connectivity index (χ1n) is 6.43. The average molecular weight is 307 g/mol. The number of aromatic nitrogens is 2. The van der Waals surface area contributed by atoms with Gasteiger partial charge in [0, 0.05) is 22.7 Å². The molecule has 0 bridgehead atoms. The Bertz CT molecular complexity index is 687. The molecule has 1 aromatic heterocycles. The highest BCUT2D eigenvalue weighted by molar-refractivity contribution is 6.31. The monoisotopic (exact) mass is 306 g/mol. The number of halogens is 1. The van der Waals surface area contributed by atoms with Gasteiger partial charge in [0.05, 0.1) is 0 Å². The van der Waals surface area contributed by atoms with Crippen molar-refractivity contribution >= 4 is 17.6 Å². The van der Waals surface area contributed by atoms with Gasteiger partial charge in [-0.25, -0.2) is 9.78 Å². The average Bonchev–Trinajstić information content (AvgIpc) is 2.40. The summed E-state index contributed by atoms with van der Waals surface area (Å²) < 4.78 is 5.61. The van der Waals surface area contributed by atoms with Gasteiger partial charge >= 0.3 is 5.97 Å². The molecule has 0 radical (unpaired) electrons. The van der Waals surface area contributed by atoms with Crippen molar-refractivity contribution in [3.05, 3.63) is 46.4 Å². The first-order valence-corrected chi connectivity index (χ1v) is 6.81. The molecule has 0 aliphatic heterocycles. The highest BCUT2D eigenvalue weighted by Gasteiger charge is 2.14. The molecule has 0 unspecified atom stereocenters. The van der Waals surface area contributed by atoms with Crippen LogP contribution in [-0.4, -0.2) is 21.0 Å². The lowest BCUT2D eigenvalue weighted by Crippen LogP contribution is -2.04. The van der Waals surface area contributed by atoms with E-state index < -0.39 is 5.97 Å². The van der Waals surface area contributed by atoms with Gasteiger partial charge in [0.15, 0.2) is 0 Å². The number of benzene rings is 1. The van der Waals surface area contributed by atoms with Gasteiger partial charge < -0.3 is 9.84 Å². The molecule has 1 heterocycles. The SMILES string of the molecule is Cc1cc(Oc2ccc(Cl)cc2C(=O)O)nc(C(C)C)n1. The Kier molecular flexibility index (Phi) is 4.43. The van der Waals surface area contributed by atoms with E-state index in [1.54, 1.807) is 12.1 Å². The van der Waals surface area contributed by atoms with Crippen molar-refractivity contribution < 1.29 is 14.6 Å². The van der Waals surface area contributed by atoms with Crippen LogP contribution in [0.1, 0.15) is 41.6 Å². The van der Waals surface area contributed by atoms with E-state index in [2.05, 4.69) is 9.97 Å². The summed E-state index contributed by atoms with van der Waals surface area (Å²) in [6, 6.07) is 6.09. The maximum Gasteiger partial charge on any atom is 0.339 e. The fraction of sp³-hybridized carbons (Fsp3) is 0.267. The molecule has 0 atom stereocenters. The lowest BCUT2D eigenvalue weighted by molar-refractivity contribution is 0.0694. The van der Waals surface area contributed by atoms with E-state index in [9.17, 15) is 9.90 Å². The van der Waals surface area contributed by atoms with Crippen LogP contribution in [0.15, 0.2) is 24.3 Å². The van der Waals surface area contributed by atoms with Crippen LogP contribution in [-0.2, 0) is 0 Å². The number of carbonyl (C=O) groups is 1. The molecule has 2 aromatic rings. The molecule has 110 valence electrons. The van der Waals surface area contributed by atoms with E-state index in [1.165, 1.54) is 12.1 Å². The van der Waals surface area contributed by atoms with E-state index in [0.717, 1.165) is 5.69 Å². The van der Waals surface area contributed by atoms with Crippen molar-refractivity contribution in [2.75, 3.05) is 0 Å². The molecule has 1 N–H and O–H groups in total. The Hall–Kier alpha value is -2.14. The Morgan fingerprint density at radius 3 is 2.62 bits per heavy atom. The standard InChI is InChI=1S/C15H15ClN2O3/c1-8(2)14-17-9(3)6-13(18-14)21-12-5-4-10(16)7-11(12)15(19)20/h4-8H,1-3H3,(H,19,20). The zero-order chi connectivity index (χ0) is 15.6. The maximum atomic E-state index is 11.2. The molecular formula is C15H15ClN2O3. The Labute approximate surface area is 127 Å². The summed E-state index contributed by atoms with van der Waals surface area (Å²) >= 11 is 5.81. The van der Waals surface area contributed by atoms with Crippen molar-refractivity contribution in [3.8, 4) is 11.6 Å². The third kappa shape index (κ3) is 3.70. The van der Waals surface area contributed by atoms with E-state index >= 15 is 0 Å². The summed E-state index contributed by atoms with van der Waals surface area (Å²) in [4.78, 5) is 19.8. The number of carboxylic acid groups (broad SMARTS) is 1. The van der Waals surface area contributed by atoms with Gasteiger partial charge in [-0.3, -0.25) is 0 Å². The van der Waals surface area contributed by atoms with Crippen molar-refractivity contribution in [1.82, 2.24) is 9.97 Å². The predicted octanol–water partition coefficient (Wildman–Crippen LogP) is 4.05. The molecule has 0 amide bonds. The molecule has 6 heteroatoms. The first-order chi connectivity index (χ1) is 9.86. The van der Waals surface area contributed by atoms with Gasteiger partial charge in [-0.05, 0) is 25.1 Å². The number of rotatable bonds is 4. The molecule has 2 rings (SSSR count). The zero-order valence-corrected chi connectivity index (χ0v) is 12.7. The molecule has 5 nitrogen and oxygen atoms in total. The molecule has 0 aliphatic rings. The van der Waals surface area contributed by atoms with Gasteiger partial charge in [0.2, 0.25) is 5.88 Å². The van der Waals surface area contributed by atoms with Crippen LogP contribution in [0.2, 0.25) is 5.02 Å². The molecule has 0 aliphatic carbocycles. The second-order valence-corrected chi connectivity index (χ2v) is 5.34. The van der Waals surface area contributed by atoms with Crippen LogP contribution < -0.4 is 4.74 Å². The summed E-state index contributed by atoms with van der Waals surface area (Å²) in [6.45, 7) is 5.79. The largest absolute Gasteiger partial charge is 0.478 e.